The summed E-state index contributed by atoms with van der Waals surface area (Å²) < 4.78 is 16.4. The van der Waals surface area contributed by atoms with Crippen LogP contribution in [0, 0.1) is 0 Å². The Bertz CT molecular complexity index is 469. The van der Waals surface area contributed by atoms with Crippen molar-refractivity contribution in [3.8, 4) is 5.75 Å². The Balaban J connectivity index is 2.34. The van der Waals surface area contributed by atoms with Gasteiger partial charge in [0.1, 0.15) is 13.2 Å². The lowest BCUT2D eigenvalue weighted by Crippen LogP contribution is -2.26. The quantitative estimate of drug-likeness (QED) is 0.503. The Kier molecular flexibility index (Phi) is 7.42. The second-order valence-corrected chi connectivity index (χ2v) is 4.20. The molecule has 0 atom stereocenters. The minimum Gasteiger partial charge on any atom is -0.491 e. The summed E-state index contributed by atoms with van der Waals surface area (Å²) >= 11 is 0. The predicted molar refractivity (Wildman–Crippen MR) is 73.9 cm³/mol. The monoisotopic (exact) mass is 283 g/mol. The van der Waals surface area contributed by atoms with Gasteiger partial charge in [-0.3, -0.25) is 9.59 Å². The Morgan fingerprint density at radius 2 is 2.10 bits per heavy atom. The molecule has 1 heterocycles. The molecule has 0 aliphatic rings. The highest BCUT2D eigenvalue weighted by Gasteiger charge is 2.08. The SMILES string of the molecule is CCCCOCCOC(=O)Cn1cccc(OC)c1=O. The first-order valence-corrected chi connectivity index (χ1v) is 6.65. The molecule has 0 spiro atoms. The van der Waals surface area contributed by atoms with Gasteiger partial charge in [-0.1, -0.05) is 13.3 Å². The summed E-state index contributed by atoms with van der Waals surface area (Å²) in [5, 5.41) is 0. The van der Waals surface area contributed by atoms with Crippen molar-refractivity contribution in [1.29, 1.82) is 0 Å². The second-order valence-electron chi connectivity index (χ2n) is 4.20. The minimum atomic E-state index is -0.473. The van der Waals surface area contributed by atoms with Crippen molar-refractivity contribution in [2.75, 3.05) is 26.9 Å². The van der Waals surface area contributed by atoms with Gasteiger partial charge in [-0.15, -0.1) is 0 Å². The lowest BCUT2D eigenvalue weighted by atomic mass is 10.4. The molecule has 6 nitrogen and oxygen atoms in total. The molecule has 1 rings (SSSR count). The third kappa shape index (κ3) is 5.44. The predicted octanol–water partition coefficient (Wildman–Crippen LogP) is 1.22. The van der Waals surface area contributed by atoms with Crippen molar-refractivity contribution in [3.63, 3.8) is 0 Å². The van der Waals surface area contributed by atoms with Crippen LogP contribution in [-0.2, 0) is 20.8 Å². The van der Waals surface area contributed by atoms with Crippen LogP contribution in [0.25, 0.3) is 0 Å². The van der Waals surface area contributed by atoms with Crippen molar-refractivity contribution < 1.29 is 19.0 Å². The molecule has 1 aromatic rings. The fourth-order valence-electron chi connectivity index (χ4n) is 1.54. The van der Waals surface area contributed by atoms with E-state index in [2.05, 4.69) is 6.92 Å². The summed E-state index contributed by atoms with van der Waals surface area (Å²) in [6.45, 7) is 3.18. The second kappa shape index (κ2) is 9.14. The van der Waals surface area contributed by atoms with Crippen LogP contribution in [-0.4, -0.2) is 37.5 Å². The molecule has 0 radical (unpaired) electrons. The van der Waals surface area contributed by atoms with Gasteiger partial charge in [0.15, 0.2) is 5.75 Å². The van der Waals surface area contributed by atoms with Crippen LogP contribution in [0.1, 0.15) is 19.8 Å². The van der Waals surface area contributed by atoms with Gasteiger partial charge in [-0.2, -0.15) is 0 Å². The molecule has 0 aliphatic heterocycles. The van der Waals surface area contributed by atoms with E-state index in [0.29, 0.717) is 13.2 Å². The van der Waals surface area contributed by atoms with Gasteiger partial charge in [0.05, 0.1) is 13.7 Å². The van der Waals surface area contributed by atoms with Gasteiger partial charge in [0.2, 0.25) is 0 Å². The number of carbonyl (C=O) groups excluding carboxylic acids is 1. The van der Waals surface area contributed by atoms with E-state index in [9.17, 15) is 9.59 Å². The summed E-state index contributed by atoms with van der Waals surface area (Å²) in [5.41, 5.74) is -0.355. The molecular formula is C14H21NO5. The van der Waals surface area contributed by atoms with Crippen LogP contribution in [0.2, 0.25) is 0 Å². The maximum Gasteiger partial charge on any atom is 0.326 e. The number of esters is 1. The average Bonchev–Trinajstić information content (AvgIpc) is 2.45. The van der Waals surface area contributed by atoms with Crippen molar-refractivity contribution >= 4 is 5.97 Å². The number of nitrogens with zero attached hydrogens (tertiary/aromatic N) is 1. The minimum absolute atomic E-state index is 0.134. The van der Waals surface area contributed by atoms with Crippen molar-refractivity contribution in [1.82, 2.24) is 4.57 Å². The molecule has 0 saturated heterocycles. The van der Waals surface area contributed by atoms with E-state index in [1.165, 1.54) is 17.9 Å². The molecular weight excluding hydrogens is 262 g/mol. The fraction of sp³-hybridized carbons (Fsp3) is 0.571. The molecule has 0 bridgehead atoms. The molecule has 0 amide bonds. The molecule has 0 saturated carbocycles. The highest BCUT2D eigenvalue weighted by molar-refractivity contribution is 5.69. The van der Waals surface area contributed by atoms with Gasteiger partial charge < -0.3 is 18.8 Å². The van der Waals surface area contributed by atoms with Crippen LogP contribution < -0.4 is 10.3 Å². The van der Waals surface area contributed by atoms with Crippen LogP contribution in [0.5, 0.6) is 5.75 Å². The maximum atomic E-state index is 11.8. The van der Waals surface area contributed by atoms with E-state index >= 15 is 0 Å². The van der Waals surface area contributed by atoms with E-state index in [4.69, 9.17) is 14.2 Å². The number of pyridine rings is 1. The number of hydrogen-bond acceptors (Lipinski definition) is 5. The summed E-state index contributed by atoms with van der Waals surface area (Å²) in [5.74, 6) is -0.275. The van der Waals surface area contributed by atoms with Gasteiger partial charge in [-0.05, 0) is 18.6 Å². The van der Waals surface area contributed by atoms with E-state index in [1.807, 2.05) is 0 Å². The van der Waals surface area contributed by atoms with Gasteiger partial charge in [0.25, 0.3) is 5.56 Å². The Labute approximate surface area is 118 Å². The highest BCUT2D eigenvalue weighted by Crippen LogP contribution is 2.00. The molecule has 1 aromatic heterocycles. The number of hydrogen-bond donors (Lipinski definition) is 0. The molecule has 6 heteroatoms. The van der Waals surface area contributed by atoms with Crippen LogP contribution >= 0.6 is 0 Å². The summed E-state index contributed by atoms with van der Waals surface area (Å²) in [4.78, 5) is 23.4. The smallest absolute Gasteiger partial charge is 0.326 e. The fourth-order valence-corrected chi connectivity index (χ4v) is 1.54. The Morgan fingerprint density at radius 3 is 2.80 bits per heavy atom. The van der Waals surface area contributed by atoms with E-state index in [1.54, 1.807) is 12.1 Å². The molecule has 0 aromatic carbocycles. The first-order valence-electron chi connectivity index (χ1n) is 6.65. The first kappa shape index (κ1) is 16.2. The standard InChI is InChI=1S/C14H21NO5/c1-3-4-8-19-9-10-20-13(16)11-15-7-5-6-12(18-2)14(15)17/h5-7H,3-4,8-11H2,1-2H3. The van der Waals surface area contributed by atoms with Gasteiger partial charge in [0, 0.05) is 12.8 Å². The van der Waals surface area contributed by atoms with Gasteiger partial charge in [-0.25, -0.2) is 0 Å². The molecule has 20 heavy (non-hydrogen) atoms. The number of unbranched alkanes of at least 4 members (excludes halogenated alkanes) is 1. The molecule has 0 aliphatic carbocycles. The van der Waals surface area contributed by atoms with Crippen molar-refractivity contribution in [2.24, 2.45) is 0 Å². The van der Waals surface area contributed by atoms with Crippen molar-refractivity contribution in [2.45, 2.75) is 26.3 Å². The van der Waals surface area contributed by atoms with Crippen LogP contribution in [0.3, 0.4) is 0 Å². The summed E-state index contributed by atoms with van der Waals surface area (Å²) in [7, 11) is 1.41. The number of ether oxygens (including phenoxy) is 3. The normalized spacial score (nSPS) is 10.3. The zero-order chi connectivity index (χ0) is 14.8. The Morgan fingerprint density at radius 1 is 1.30 bits per heavy atom. The van der Waals surface area contributed by atoms with Crippen molar-refractivity contribution in [3.05, 3.63) is 28.7 Å². The lowest BCUT2D eigenvalue weighted by Gasteiger charge is -2.08. The largest absolute Gasteiger partial charge is 0.491 e. The Hall–Kier alpha value is -1.82. The molecule has 112 valence electrons. The maximum absolute atomic E-state index is 11.8. The topological polar surface area (TPSA) is 66.8 Å². The third-order valence-electron chi connectivity index (χ3n) is 2.64. The highest BCUT2D eigenvalue weighted by atomic mass is 16.6. The van der Waals surface area contributed by atoms with E-state index in [-0.39, 0.29) is 24.5 Å². The van der Waals surface area contributed by atoms with Crippen LogP contribution in [0.4, 0.5) is 0 Å². The van der Waals surface area contributed by atoms with E-state index in [0.717, 1.165) is 12.8 Å². The molecule has 0 fully saturated rings. The number of rotatable bonds is 9. The third-order valence-corrected chi connectivity index (χ3v) is 2.64. The summed E-state index contributed by atoms with van der Waals surface area (Å²) in [6.07, 6.45) is 3.58. The zero-order valence-corrected chi connectivity index (χ0v) is 12.0. The number of aromatic nitrogens is 1. The summed E-state index contributed by atoms with van der Waals surface area (Å²) in [6, 6.07) is 3.19. The van der Waals surface area contributed by atoms with Crippen LogP contribution in [0.15, 0.2) is 23.1 Å². The first-order chi connectivity index (χ1) is 9.69. The molecule has 0 unspecified atom stereocenters. The number of methoxy groups -OCH3 is 1. The molecule has 0 N–H and O–H groups in total. The van der Waals surface area contributed by atoms with Gasteiger partial charge >= 0.3 is 5.97 Å². The lowest BCUT2D eigenvalue weighted by molar-refractivity contribution is -0.146. The zero-order valence-electron chi connectivity index (χ0n) is 12.0. The number of carbonyl (C=O) groups is 1. The average molecular weight is 283 g/mol. The van der Waals surface area contributed by atoms with E-state index < -0.39 is 5.97 Å².